The van der Waals surface area contributed by atoms with E-state index < -0.39 is 13.4 Å². The van der Waals surface area contributed by atoms with Gasteiger partial charge in [0.25, 0.3) is 0 Å². The van der Waals surface area contributed by atoms with E-state index in [-0.39, 0.29) is 34.9 Å². The van der Waals surface area contributed by atoms with Crippen LogP contribution < -0.4 is 0 Å². The fraction of sp³-hybridized carbons (Fsp3) is 0.905. The van der Waals surface area contributed by atoms with Crippen LogP contribution in [0.2, 0.25) is 19.6 Å². The summed E-state index contributed by atoms with van der Waals surface area (Å²) in [5.41, 5.74) is -0.230. The van der Waals surface area contributed by atoms with Crippen molar-refractivity contribution >= 4 is 20.1 Å². The van der Waals surface area contributed by atoms with Crippen LogP contribution in [0.25, 0.3) is 0 Å². The molecule has 2 rings (SSSR count). The summed E-state index contributed by atoms with van der Waals surface area (Å²) in [5.74, 6) is 0. The third-order valence-corrected chi connectivity index (χ3v) is 6.68. The maximum Gasteiger partial charge on any atom is 0.225 e. The van der Waals surface area contributed by atoms with Crippen molar-refractivity contribution in [2.45, 2.75) is 106 Å². The van der Waals surface area contributed by atoms with E-state index in [9.17, 15) is 0 Å². The summed E-state index contributed by atoms with van der Waals surface area (Å²) in [6.07, 6.45) is 1.73. The molecular formula is C21H41NO3SSi. The third kappa shape index (κ3) is 4.95. The molecular weight excluding hydrogens is 374 g/mol. The van der Waals surface area contributed by atoms with E-state index in [1.807, 2.05) is 0 Å². The Labute approximate surface area is 172 Å². The van der Waals surface area contributed by atoms with Gasteiger partial charge < -0.3 is 18.8 Å². The van der Waals surface area contributed by atoms with Crippen LogP contribution in [-0.4, -0.2) is 36.9 Å². The highest BCUT2D eigenvalue weighted by molar-refractivity contribution is 8.03. The SMILES string of the molecule is CC(C)(C)C1OC(C(C)(C)C)C2(O1)SC=CN2C(O[Si](C)(C)C)C(C)(C)C. The predicted octanol–water partition coefficient (Wildman–Crippen LogP) is 6.22. The van der Waals surface area contributed by atoms with E-state index >= 15 is 0 Å². The second-order valence-corrected chi connectivity index (χ2v) is 17.6. The zero-order valence-electron chi connectivity index (χ0n) is 19.5. The quantitative estimate of drug-likeness (QED) is 0.511. The summed E-state index contributed by atoms with van der Waals surface area (Å²) in [7, 11) is -1.77. The topological polar surface area (TPSA) is 30.9 Å². The Morgan fingerprint density at radius 2 is 1.56 bits per heavy atom. The van der Waals surface area contributed by atoms with Crippen molar-refractivity contribution < 1.29 is 13.9 Å². The summed E-state index contributed by atoms with van der Waals surface area (Å²) in [6.45, 7) is 26.7. The summed E-state index contributed by atoms with van der Waals surface area (Å²) < 4.78 is 20.1. The van der Waals surface area contributed by atoms with Crippen LogP contribution in [0.4, 0.5) is 0 Å². The van der Waals surface area contributed by atoms with Crippen LogP contribution in [0.5, 0.6) is 0 Å². The second kappa shape index (κ2) is 7.05. The van der Waals surface area contributed by atoms with E-state index in [0.29, 0.717) is 0 Å². The van der Waals surface area contributed by atoms with Crippen LogP contribution in [0.3, 0.4) is 0 Å². The number of hydrogen-bond donors (Lipinski definition) is 0. The molecule has 0 aromatic carbocycles. The van der Waals surface area contributed by atoms with E-state index in [1.165, 1.54) is 0 Å². The molecule has 0 saturated carbocycles. The Balaban J connectivity index is 2.51. The summed E-state index contributed by atoms with van der Waals surface area (Å²) in [4.78, 5) is 2.30. The van der Waals surface area contributed by atoms with Gasteiger partial charge in [0.15, 0.2) is 14.6 Å². The third-order valence-electron chi connectivity index (χ3n) is 4.64. The minimum atomic E-state index is -1.77. The van der Waals surface area contributed by atoms with Gasteiger partial charge in [-0.1, -0.05) is 74.1 Å². The molecule has 0 N–H and O–H groups in total. The first kappa shape index (κ1) is 23.3. The van der Waals surface area contributed by atoms with Crippen molar-refractivity contribution in [2.24, 2.45) is 16.2 Å². The lowest BCUT2D eigenvalue weighted by atomic mass is 9.86. The minimum Gasteiger partial charge on any atom is -0.397 e. The molecule has 0 aromatic heterocycles. The van der Waals surface area contributed by atoms with Gasteiger partial charge in [-0.15, -0.1) is 0 Å². The molecule has 1 fully saturated rings. The largest absolute Gasteiger partial charge is 0.397 e. The lowest BCUT2D eigenvalue weighted by Crippen LogP contribution is -2.61. The van der Waals surface area contributed by atoms with Crippen LogP contribution >= 0.6 is 11.8 Å². The summed E-state index contributed by atoms with van der Waals surface area (Å²) in [5, 5.41) is 1.53. The van der Waals surface area contributed by atoms with Crippen molar-refractivity contribution in [3.63, 3.8) is 0 Å². The van der Waals surface area contributed by atoms with E-state index in [1.54, 1.807) is 11.8 Å². The maximum absolute atomic E-state index is 6.76. The molecule has 4 nitrogen and oxygen atoms in total. The number of rotatable bonds is 3. The van der Waals surface area contributed by atoms with E-state index in [2.05, 4.69) is 98.5 Å². The molecule has 6 heteroatoms. The van der Waals surface area contributed by atoms with Crippen LogP contribution in [0.1, 0.15) is 62.3 Å². The average Bonchev–Trinajstić information content (AvgIpc) is 2.98. The normalized spacial score (nSPS) is 31.2. The van der Waals surface area contributed by atoms with Gasteiger partial charge in [-0.3, -0.25) is 0 Å². The molecule has 0 bridgehead atoms. The Bertz CT molecular complexity index is 568. The van der Waals surface area contributed by atoms with Crippen molar-refractivity contribution in [3.8, 4) is 0 Å². The van der Waals surface area contributed by atoms with E-state index in [4.69, 9.17) is 13.9 Å². The molecule has 1 spiro atoms. The van der Waals surface area contributed by atoms with Gasteiger partial charge in [0.1, 0.15) is 12.3 Å². The first-order valence-electron chi connectivity index (χ1n) is 10.0. The first-order chi connectivity index (χ1) is 11.9. The first-order valence-corrected chi connectivity index (χ1v) is 14.3. The van der Waals surface area contributed by atoms with Gasteiger partial charge in [-0.2, -0.15) is 0 Å². The zero-order valence-corrected chi connectivity index (χ0v) is 21.3. The molecule has 2 heterocycles. The lowest BCUT2D eigenvalue weighted by Gasteiger charge is -2.50. The molecule has 0 aromatic rings. The van der Waals surface area contributed by atoms with Gasteiger partial charge in [-0.25, -0.2) is 0 Å². The summed E-state index contributed by atoms with van der Waals surface area (Å²) >= 11 is 1.72. The highest BCUT2D eigenvalue weighted by atomic mass is 32.2. The number of hydrogen-bond acceptors (Lipinski definition) is 5. The summed E-state index contributed by atoms with van der Waals surface area (Å²) in [6, 6.07) is 0. The van der Waals surface area contributed by atoms with Gasteiger partial charge >= 0.3 is 0 Å². The average molecular weight is 416 g/mol. The van der Waals surface area contributed by atoms with Crippen LogP contribution in [0, 0.1) is 16.2 Å². The Hall–Kier alpha value is -0.0131. The zero-order chi connectivity index (χ0) is 21.1. The van der Waals surface area contributed by atoms with Crippen molar-refractivity contribution in [3.05, 3.63) is 11.6 Å². The molecule has 2 aliphatic heterocycles. The van der Waals surface area contributed by atoms with Crippen molar-refractivity contribution in [1.82, 2.24) is 4.90 Å². The van der Waals surface area contributed by atoms with Crippen molar-refractivity contribution in [2.75, 3.05) is 0 Å². The molecule has 0 aliphatic carbocycles. The monoisotopic (exact) mass is 415 g/mol. The standard InChI is InChI=1S/C21H41NO3SSi/c1-18(2,3)15-21(24-17(23-15)20(7,8)9)22(13-14-26-21)16(19(4,5)6)25-27(10,11)12/h13-17H,1-12H3. The highest BCUT2D eigenvalue weighted by Gasteiger charge is 2.63. The Kier molecular flexibility index (Phi) is 6.07. The number of nitrogens with zero attached hydrogens (tertiary/aromatic N) is 1. The van der Waals surface area contributed by atoms with E-state index in [0.717, 1.165) is 0 Å². The molecule has 0 amide bonds. The number of ether oxygens (including phenoxy) is 2. The second-order valence-electron chi connectivity index (χ2n) is 12.1. The van der Waals surface area contributed by atoms with Gasteiger partial charge in [0.2, 0.25) is 5.06 Å². The Morgan fingerprint density at radius 3 is 1.96 bits per heavy atom. The van der Waals surface area contributed by atoms with Crippen LogP contribution in [0.15, 0.2) is 11.6 Å². The number of thioether (sulfide) groups is 1. The highest BCUT2D eigenvalue weighted by Crippen LogP contribution is 2.56. The van der Waals surface area contributed by atoms with Gasteiger partial charge in [-0.05, 0) is 30.5 Å². The predicted molar refractivity (Wildman–Crippen MR) is 118 cm³/mol. The maximum atomic E-state index is 6.76. The van der Waals surface area contributed by atoms with Crippen LogP contribution in [-0.2, 0) is 13.9 Å². The molecule has 1 saturated heterocycles. The molecule has 158 valence electrons. The smallest absolute Gasteiger partial charge is 0.225 e. The molecule has 0 radical (unpaired) electrons. The fourth-order valence-electron chi connectivity index (χ4n) is 3.46. The molecule has 4 unspecified atom stereocenters. The molecule has 27 heavy (non-hydrogen) atoms. The molecule has 4 atom stereocenters. The van der Waals surface area contributed by atoms with Gasteiger partial charge in [0, 0.05) is 17.0 Å². The minimum absolute atomic E-state index is 0.0614. The molecule has 2 aliphatic rings. The fourth-order valence-corrected chi connectivity index (χ4v) is 5.93. The Morgan fingerprint density at radius 1 is 1.00 bits per heavy atom. The van der Waals surface area contributed by atoms with Crippen molar-refractivity contribution in [1.29, 1.82) is 0 Å². The lowest BCUT2D eigenvalue weighted by molar-refractivity contribution is -0.177. The van der Waals surface area contributed by atoms with Gasteiger partial charge in [0.05, 0.1) is 0 Å².